The topological polar surface area (TPSA) is 86.6 Å². The van der Waals surface area contributed by atoms with E-state index in [9.17, 15) is 19.8 Å². The lowest BCUT2D eigenvalue weighted by Gasteiger charge is -2.45. The smallest absolute Gasteiger partial charge is 0.235 e. The van der Waals surface area contributed by atoms with E-state index in [1.54, 1.807) is 0 Å². The molecule has 182 valence electrons. The summed E-state index contributed by atoms with van der Waals surface area (Å²) < 4.78 is 0. The van der Waals surface area contributed by atoms with E-state index in [0.29, 0.717) is 18.8 Å². The predicted molar refractivity (Wildman–Crippen MR) is 133 cm³/mol. The monoisotopic (exact) mass is 463 g/mol. The molecule has 3 aliphatic rings. The van der Waals surface area contributed by atoms with Crippen molar-refractivity contribution < 1.29 is 19.8 Å². The van der Waals surface area contributed by atoms with E-state index in [1.807, 2.05) is 56.3 Å². The summed E-state index contributed by atoms with van der Waals surface area (Å²) >= 11 is 0. The number of aliphatic hydroxyl groups is 2. The van der Waals surface area contributed by atoms with E-state index in [0.717, 1.165) is 36.0 Å². The lowest BCUT2D eigenvalue weighted by atomic mass is 9.55. The summed E-state index contributed by atoms with van der Waals surface area (Å²) in [5, 5.41) is 25.0. The molecule has 1 aromatic carbocycles. The van der Waals surface area contributed by atoms with Crippen LogP contribution in [0.5, 0.6) is 0 Å². The van der Waals surface area contributed by atoms with Crippen LogP contribution in [0.15, 0.2) is 65.8 Å². The van der Waals surface area contributed by atoms with E-state index in [2.05, 4.69) is 12.2 Å². The van der Waals surface area contributed by atoms with Crippen LogP contribution in [0.1, 0.15) is 52.0 Å². The van der Waals surface area contributed by atoms with Crippen LogP contribution in [0.3, 0.4) is 0 Å². The normalized spacial score (nSPS) is 36.7. The fourth-order valence-electron chi connectivity index (χ4n) is 6.24. The Balaban J connectivity index is 1.85. The number of nitrogens with one attached hydrogen (secondary N) is 1. The van der Waals surface area contributed by atoms with Crippen LogP contribution in [-0.2, 0) is 16.0 Å². The Bertz CT molecular complexity index is 1010. The van der Waals surface area contributed by atoms with Gasteiger partial charge < -0.3 is 15.5 Å². The molecule has 7 atom stereocenters. The molecule has 1 fully saturated rings. The summed E-state index contributed by atoms with van der Waals surface area (Å²) in [5.41, 5.74) is 1.38. The molecule has 5 heteroatoms. The van der Waals surface area contributed by atoms with Gasteiger partial charge in [0.2, 0.25) is 5.91 Å². The first-order chi connectivity index (χ1) is 16.3. The molecular formula is C29H37NO4. The van der Waals surface area contributed by atoms with Gasteiger partial charge in [0.1, 0.15) is 5.41 Å². The van der Waals surface area contributed by atoms with Crippen LogP contribution in [0.25, 0.3) is 0 Å². The first-order valence-electron chi connectivity index (χ1n) is 12.5. The van der Waals surface area contributed by atoms with Crippen molar-refractivity contribution in [2.24, 2.45) is 23.2 Å². The molecule has 1 saturated heterocycles. The van der Waals surface area contributed by atoms with Crippen molar-refractivity contribution in [2.75, 3.05) is 0 Å². The van der Waals surface area contributed by atoms with Gasteiger partial charge in [0.25, 0.3) is 0 Å². The van der Waals surface area contributed by atoms with Crippen LogP contribution in [0.2, 0.25) is 0 Å². The Labute approximate surface area is 202 Å². The number of ketones is 1. The van der Waals surface area contributed by atoms with E-state index in [1.165, 1.54) is 12.2 Å². The van der Waals surface area contributed by atoms with E-state index < -0.39 is 23.5 Å². The fourth-order valence-corrected chi connectivity index (χ4v) is 6.24. The number of allylic oxidation sites excluding steroid dienone is 2. The zero-order valence-corrected chi connectivity index (χ0v) is 20.4. The Morgan fingerprint density at radius 1 is 1.03 bits per heavy atom. The van der Waals surface area contributed by atoms with E-state index >= 15 is 0 Å². The second kappa shape index (κ2) is 10.0. The van der Waals surface area contributed by atoms with Gasteiger partial charge >= 0.3 is 0 Å². The molecule has 1 heterocycles. The highest BCUT2D eigenvalue weighted by molar-refractivity contribution is 6.14. The van der Waals surface area contributed by atoms with Crippen LogP contribution in [-0.4, -0.2) is 40.2 Å². The second-order valence-corrected chi connectivity index (χ2v) is 10.4. The zero-order valence-electron chi connectivity index (χ0n) is 20.4. The third-order valence-electron chi connectivity index (χ3n) is 8.24. The number of hydrogen-bond acceptors (Lipinski definition) is 4. The molecule has 1 aromatic rings. The third-order valence-corrected chi connectivity index (χ3v) is 8.24. The molecule has 1 amide bonds. The number of carbonyl (C=O) groups excluding carboxylic acids is 2. The van der Waals surface area contributed by atoms with Crippen molar-refractivity contribution in [1.29, 1.82) is 0 Å². The molecule has 7 unspecified atom stereocenters. The Morgan fingerprint density at radius 2 is 1.76 bits per heavy atom. The third kappa shape index (κ3) is 4.32. The number of amides is 1. The van der Waals surface area contributed by atoms with Crippen LogP contribution < -0.4 is 5.32 Å². The number of carbonyl (C=O) groups is 2. The van der Waals surface area contributed by atoms with Crippen molar-refractivity contribution in [1.82, 2.24) is 5.32 Å². The van der Waals surface area contributed by atoms with E-state index in [-0.39, 0.29) is 23.7 Å². The molecule has 4 rings (SSSR count). The minimum Gasteiger partial charge on any atom is -0.389 e. The summed E-state index contributed by atoms with van der Waals surface area (Å²) in [5.74, 6) is -1.29. The van der Waals surface area contributed by atoms with Gasteiger partial charge in [-0.15, -0.1) is 0 Å². The maximum absolute atomic E-state index is 13.9. The summed E-state index contributed by atoms with van der Waals surface area (Å²) in [6.07, 6.45) is 9.06. The molecule has 2 aliphatic carbocycles. The highest BCUT2D eigenvalue weighted by Gasteiger charge is 2.66. The van der Waals surface area contributed by atoms with E-state index in [4.69, 9.17) is 0 Å². The quantitative estimate of drug-likeness (QED) is 0.459. The molecule has 3 N–H and O–H groups in total. The average molecular weight is 464 g/mol. The fraction of sp³-hybridized carbons (Fsp3) is 0.517. The lowest BCUT2D eigenvalue weighted by molar-refractivity contribution is -0.144. The summed E-state index contributed by atoms with van der Waals surface area (Å²) in [6, 6.07) is 9.71. The lowest BCUT2D eigenvalue weighted by Crippen LogP contribution is -2.55. The van der Waals surface area contributed by atoms with Gasteiger partial charge in [-0.05, 0) is 56.2 Å². The van der Waals surface area contributed by atoms with Crippen LogP contribution >= 0.6 is 0 Å². The predicted octanol–water partition coefficient (Wildman–Crippen LogP) is 3.91. The van der Waals surface area contributed by atoms with Gasteiger partial charge in [-0.3, -0.25) is 9.59 Å². The molecule has 0 radical (unpaired) electrons. The molecule has 1 spiro atoms. The van der Waals surface area contributed by atoms with Crippen LogP contribution in [0.4, 0.5) is 0 Å². The molecule has 0 aromatic heterocycles. The van der Waals surface area contributed by atoms with Crippen molar-refractivity contribution in [3.05, 3.63) is 71.3 Å². The first-order valence-corrected chi connectivity index (χ1v) is 12.5. The molecule has 0 saturated carbocycles. The van der Waals surface area contributed by atoms with Crippen LogP contribution in [0, 0.1) is 23.2 Å². The number of aliphatic hydroxyl groups excluding tert-OH is 2. The minimum absolute atomic E-state index is 0.259. The molecule has 1 aliphatic heterocycles. The maximum Gasteiger partial charge on any atom is 0.235 e. The Morgan fingerprint density at radius 3 is 2.50 bits per heavy atom. The summed E-state index contributed by atoms with van der Waals surface area (Å²) in [7, 11) is 0. The Hall–Kier alpha value is -2.50. The largest absolute Gasteiger partial charge is 0.389 e. The highest BCUT2D eigenvalue weighted by Crippen LogP contribution is 2.55. The molecule has 34 heavy (non-hydrogen) atoms. The van der Waals surface area contributed by atoms with Crippen molar-refractivity contribution >= 4 is 11.7 Å². The highest BCUT2D eigenvalue weighted by atomic mass is 16.3. The van der Waals surface area contributed by atoms with Gasteiger partial charge in [0.15, 0.2) is 5.78 Å². The summed E-state index contributed by atoms with van der Waals surface area (Å²) in [6.45, 7) is 6.02. The molecule has 0 bridgehead atoms. The standard InChI is InChI=1S/C29H37NO4/c1-18-9-7-13-22(31)15-16-25(32)29-23(14-8-10-18)27(33)20(3)19(2)26(29)24(30-28(29)34)17-21-11-5-4-6-12-21/h4-6,8,11-12,14-16,18,22-24,26-27,31,33H,7,9-10,13,17H2,1-3H3,(H,30,34). The Kier molecular flexibility index (Phi) is 7.25. The van der Waals surface area contributed by atoms with Crippen molar-refractivity contribution in [3.8, 4) is 0 Å². The first kappa shape index (κ1) is 24.6. The van der Waals surface area contributed by atoms with Gasteiger partial charge in [0.05, 0.1) is 12.2 Å². The van der Waals surface area contributed by atoms with Gasteiger partial charge in [-0.25, -0.2) is 0 Å². The van der Waals surface area contributed by atoms with Crippen molar-refractivity contribution in [2.45, 2.75) is 71.1 Å². The maximum atomic E-state index is 13.9. The molecular weight excluding hydrogens is 426 g/mol. The zero-order chi connectivity index (χ0) is 24.5. The number of rotatable bonds is 2. The number of hydrogen-bond donors (Lipinski definition) is 3. The average Bonchev–Trinajstić information content (AvgIpc) is 3.11. The second-order valence-electron chi connectivity index (χ2n) is 10.4. The molecule has 5 nitrogen and oxygen atoms in total. The van der Waals surface area contributed by atoms with Gasteiger partial charge in [-0.1, -0.05) is 73.9 Å². The van der Waals surface area contributed by atoms with Gasteiger partial charge in [-0.2, -0.15) is 0 Å². The minimum atomic E-state index is -1.44. The van der Waals surface area contributed by atoms with Crippen molar-refractivity contribution in [3.63, 3.8) is 0 Å². The summed E-state index contributed by atoms with van der Waals surface area (Å²) in [4.78, 5) is 27.8. The van der Waals surface area contributed by atoms with Gasteiger partial charge in [0, 0.05) is 17.9 Å². The SMILES string of the molecule is CC1=C(C)C2C(Cc3ccccc3)NC(=O)C23C(=O)C=CC(O)CCCC(C)CC=CC3C1O. The number of benzene rings is 1.